The van der Waals surface area contributed by atoms with Crippen molar-refractivity contribution in [1.82, 2.24) is 10.2 Å². The summed E-state index contributed by atoms with van der Waals surface area (Å²) in [5.74, 6) is 0.219. The maximum Gasteiger partial charge on any atom is 0.227 e. The quantitative estimate of drug-likeness (QED) is 0.652. The highest BCUT2D eigenvalue weighted by Crippen LogP contribution is 2.06. The standard InChI is InChI=1S/C11H22N2O/c1-6-7-13(9(2)3)11(14)10(4)8-12-5/h6,9-10,12H,1,7-8H2,2-5H3. The largest absolute Gasteiger partial charge is 0.336 e. The lowest BCUT2D eigenvalue weighted by molar-refractivity contribution is -0.135. The first-order valence-electron chi connectivity index (χ1n) is 5.10. The number of rotatable bonds is 6. The van der Waals surface area contributed by atoms with Gasteiger partial charge in [-0.15, -0.1) is 6.58 Å². The van der Waals surface area contributed by atoms with Crippen LogP contribution in [0.5, 0.6) is 0 Å². The predicted molar refractivity (Wildman–Crippen MR) is 60.1 cm³/mol. The number of hydrogen-bond acceptors (Lipinski definition) is 2. The summed E-state index contributed by atoms with van der Waals surface area (Å²) in [7, 11) is 1.86. The first kappa shape index (κ1) is 13.2. The van der Waals surface area contributed by atoms with Crippen molar-refractivity contribution < 1.29 is 4.79 Å². The molecule has 0 spiro atoms. The van der Waals surface area contributed by atoms with E-state index in [0.29, 0.717) is 6.54 Å². The minimum atomic E-state index is 0.0300. The molecule has 0 aromatic rings. The van der Waals surface area contributed by atoms with E-state index in [4.69, 9.17) is 0 Å². The third-order valence-corrected chi connectivity index (χ3v) is 2.16. The topological polar surface area (TPSA) is 32.3 Å². The fourth-order valence-corrected chi connectivity index (χ4v) is 1.37. The van der Waals surface area contributed by atoms with E-state index in [-0.39, 0.29) is 17.9 Å². The molecule has 0 rings (SSSR count). The normalized spacial score (nSPS) is 12.6. The van der Waals surface area contributed by atoms with E-state index in [2.05, 4.69) is 11.9 Å². The average molecular weight is 198 g/mol. The van der Waals surface area contributed by atoms with E-state index >= 15 is 0 Å². The summed E-state index contributed by atoms with van der Waals surface area (Å²) in [5, 5.41) is 3.01. The Hall–Kier alpha value is -0.830. The molecule has 1 N–H and O–H groups in total. The molecule has 3 nitrogen and oxygen atoms in total. The van der Waals surface area contributed by atoms with Crippen molar-refractivity contribution in [2.75, 3.05) is 20.1 Å². The Balaban J connectivity index is 4.34. The van der Waals surface area contributed by atoms with Gasteiger partial charge in [-0.3, -0.25) is 4.79 Å². The van der Waals surface area contributed by atoms with Crippen LogP contribution in [0.25, 0.3) is 0 Å². The number of nitrogens with zero attached hydrogens (tertiary/aromatic N) is 1. The monoisotopic (exact) mass is 198 g/mol. The second-order valence-corrected chi connectivity index (χ2v) is 3.83. The van der Waals surface area contributed by atoms with Gasteiger partial charge in [0.1, 0.15) is 0 Å². The van der Waals surface area contributed by atoms with Crippen molar-refractivity contribution >= 4 is 5.91 Å². The minimum Gasteiger partial charge on any atom is -0.336 e. The second kappa shape index (κ2) is 6.60. The van der Waals surface area contributed by atoms with Gasteiger partial charge in [-0.2, -0.15) is 0 Å². The van der Waals surface area contributed by atoms with Crippen molar-refractivity contribution in [1.29, 1.82) is 0 Å². The molecule has 0 saturated carbocycles. The van der Waals surface area contributed by atoms with Crippen LogP contribution in [0, 0.1) is 5.92 Å². The van der Waals surface area contributed by atoms with Gasteiger partial charge in [0.15, 0.2) is 0 Å². The second-order valence-electron chi connectivity index (χ2n) is 3.83. The van der Waals surface area contributed by atoms with Crippen LogP contribution in [0.3, 0.4) is 0 Å². The Morgan fingerprint density at radius 3 is 2.43 bits per heavy atom. The zero-order chi connectivity index (χ0) is 11.1. The van der Waals surface area contributed by atoms with Gasteiger partial charge in [-0.05, 0) is 20.9 Å². The molecule has 0 aromatic carbocycles. The van der Waals surface area contributed by atoms with E-state index < -0.39 is 0 Å². The molecule has 0 aliphatic carbocycles. The highest BCUT2D eigenvalue weighted by Gasteiger charge is 2.20. The number of amides is 1. The van der Waals surface area contributed by atoms with Crippen LogP contribution in [0.15, 0.2) is 12.7 Å². The molecule has 14 heavy (non-hydrogen) atoms. The van der Waals surface area contributed by atoms with Crippen molar-refractivity contribution in [3.63, 3.8) is 0 Å². The molecule has 0 aromatic heterocycles. The predicted octanol–water partition coefficient (Wildman–Crippen LogP) is 1.26. The van der Waals surface area contributed by atoms with Crippen LogP contribution < -0.4 is 5.32 Å². The summed E-state index contributed by atoms with van der Waals surface area (Å²) in [4.78, 5) is 13.7. The minimum absolute atomic E-state index is 0.0300. The van der Waals surface area contributed by atoms with E-state index in [0.717, 1.165) is 6.54 Å². The average Bonchev–Trinajstić information content (AvgIpc) is 2.13. The fourth-order valence-electron chi connectivity index (χ4n) is 1.37. The van der Waals surface area contributed by atoms with Crippen LogP contribution in [0.1, 0.15) is 20.8 Å². The molecule has 0 aliphatic rings. The van der Waals surface area contributed by atoms with Crippen LogP contribution in [0.2, 0.25) is 0 Å². The molecule has 0 aliphatic heterocycles. The van der Waals surface area contributed by atoms with Gasteiger partial charge >= 0.3 is 0 Å². The van der Waals surface area contributed by atoms with Gasteiger partial charge in [-0.25, -0.2) is 0 Å². The molecule has 0 fully saturated rings. The SMILES string of the molecule is C=CCN(C(=O)C(C)CNC)C(C)C. The van der Waals surface area contributed by atoms with Gasteiger partial charge in [0.05, 0.1) is 0 Å². The van der Waals surface area contributed by atoms with Gasteiger partial charge in [0.2, 0.25) is 5.91 Å². The summed E-state index contributed by atoms with van der Waals surface area (Å²) in [6.07, 6.45) is 1.77. The summed E-state index contributed by atoms with van der Waals surface area (Å²) < 4.78 is 0. The number of carbonyl (C=O) groups excluding carboxylic acids is 1. The van der Waals surface area contributed by atoms with E-state index in [1.807, 2.05) is 32.7 Å². The lowest BCUT2D eigenvalue weighted by Gasteiger charge is -2.28. The fraction of sp³-hybridized carbons (Fsp3) is 0.727. The van der Waals surface area contributed by atoms with E-state index in [9.17, 15) is 4.79 Å². The maximum atomic E-state index is 11.9. The van der Waals surface area contributed by atoms with Gasteiger partial charge in [0.25, 0.3) is 0 Å². The molecule has 0 bridgehead atoms. The van der Waals surface area contributed by atoms with Crippen molar-refractivity contribution in [2.24, 2.45) is 5.92 Å². The molecule has 3 heteroatoms. The molecular weight excluding hydrogens is 176 g/mol. The summed E-state index contributed by atoms with van der Waals surface area (Å²) in [5.41, 5.74) is 0. The molecule has 0 radical (unpaired) electrons. The van der Waals surface area contributed by atoms with Crippen LogP contribution >= 0.6 is 0 Å². The van der Waals surface area contributed by atoms with Crippen LogP contribution in [-0.4, -0.2) is 37.0 Å². The van der Waals surface area contributed by atoms with E-state index in [1.54, 1.807) is 6.08 Å². The number of hydrogen-bond donors (Lipinski definition) is 1. The molecular formula is C11H22N2O. The molecule has 1 amide bonds. The highest BCUT2D eigenvalue weighted by molar-refractivity contribution is 5.79. The Morgan fingerprint density at radius 2 is 2.07 bits per heavy atom. The summed E-state index contributed by atoms with van der Waals surface area (Å²) in [6, 6.07) is 0.236. The lowest BCUT2D eigenvalue weighted by atomic mass is 10.1. The van der Waals surface area contributed by atoms with Crippen LogP contribution in [-0.2, 0) is 4.79 Å². The summed E-state index contributed by atoms with van der Waals surface area (Å²) >= 11 is 0. The van der Waals surface area contributed by atoms with Gasteiger partial charge < -0.3 is 10.2 Å². The van der Waals surface area contributed by atoms with Crippen molar-refractivity contribution in [2.45, 2.75) is 26.8 Å². The van der Waals surface area contributed by atoms with E-state index in [1.165, 1.54) is 0 Å². The Bertz CT molecular complexity index is 190. The third-order valence-electron chi connectivity index (χ3n) is 2.16. The molecule has 0 heterocycles. The zero-order valence-electron chi connectivity index (χ0n) is 9.71. The van der Waals surface area contributed by atoms with Crippen molar-refractivity contribution in [3.8, 4) is 0 Å². The number of carbonyl (C=O) groups is 1. The van der Waals surface area contributed by atoms with Gasteiger partial charge in [-0.1, -0.05) is 13.0 Å². The first-order chi connectivity index (χ1) is 6.54. The van der Waals surface area contributed by atoms with Crippen LogP contribution in [0.4, 0.5) is 0 Å². The lowest BCUT2D eigenvalue weighted by Crippen LogP contribution is -2.42. The smallest absolute Gasteiger partial charge is 0.227 e. The van der Waals surface area contributed by atoms with Crippen molar-refractivity contribution in [3.05, 3.63) is 12.7 Å². The zero-order valence-corrected chi connectivity index (χ0v) is 9.71. The Morgan fingerprint density at radius 1 is 1.50 bits per heavy atom. The number of nitrogens with one attached hydrogen (secondary N) is 1. The molecule has 1 unspecified atom stereocenters. The Labute approximate surface area is 87.2 Å². The molecule has 0 saturated heterocycles. The first-order valence-corrected chi connectivity index (χ1v) is 5.10. The third kappa shape index (κ3) is 3.92. The highest BCUT2D eigenvalue weighted by atomic mass is 16.2. The molecule has 82 valence electrons. The summed E-state index contributed by atoms with van der Waals surface area (Å²) in [6.45, 7) is 11.0. The Kier molecular flexibility index (Phi) is 6.21. The van der Waals surface area contributed by atoms with Gasteiger partial charge in [0, 0.05) is 25.0 Å². The maximum absolute atomic E-state index is 11.9. The molecule has 1 atom stereocenters.